The van der Waals surface area contributed by atoms with Crippen LogP contribution in [0.4, 0.5) is 5.69 Å². The van der Waals surface area contributed by atoms with E-state index >= 15 is 0 Å². The molecular formula is C28H38N4O3. The van der Waals surface area contributed by atoms with Crippen LogP contribution in [0, 0.1) is 13.8 Å². The summed E-state index contributed by atoms with van der Waals surface area (Å²) in [5, 5.41) is 14.0. The summed E-state index contributed by atoms with van der Waals surface area (Å²) in [4.78, 5) is 17.7. The quantitative estimate of drug-likeness (QED) is 0.486. The molecule has 0 bridgehead atoms. The Hall–Kier alpha value is -3.03. The molecule has 0 aliphatic carbocycles. The zero-order valence-electron chi connectivity index (χ0n) is 21.4. The fourth-order valence-corrected chi connectivity index (χ4v) is 4.98. The monoisotopic (exact) mass is 478 g/mol. The van der Waals surface area contributed by atoms with E-state index in [0.717, 1.165) is 54.0 Å². The van der Waals surface area contributed by atoms with E-state index < -0.39 is 0 Å². The summed E-state index contributed by atoms with van der Waals surface area (Å²) in [6.07, 6.45) is 1.04. The molecule has 7 heteroatoms. The summed E-state index contributed by atoms with van der Waals surface area (Å²) in [5.74, 6) is 0.911. The molecule has 0 unspecified atom stereocenters. The lowest BCUT2D eigenvalue weighted by Gasteiger charge is -2.34. The van der Waals surface area contributed by atoms with Crippen molar-refractivity contribution in [3.05, 3.63) is 58.8 Å². The fraction of sp³-hybridized carbons (Fsp3) is 0.464. The van der Waals surface area contributed by atoms with Gasteiger partial charge in [0.25, 0.3) is 5.91 Å². The SMILES string of the molecule is CCCn1c(C)c(C)c2cc(C(=O)N3CCN(CCO)CC3)cc(NCc3ccc(OC)cc3)c21. The average molecular weight is 479 g/mol. The molecule has 35 heavy (non-hydrogen) atoms. The smallest absolute Gasteiger partial charge is 0.254 e. The van der Waals surface area contributed by atoms with Gasteiger partial charge in [0, 0.05) is 62.5 Å². The minimum Gasteiger partial charge on any atom is -0.497 e. The number of β-amino-alcohol motifs (C(OH)–C–C–N with tert-alkyl or cyclic N) is 1. The van der Waals surface area contributed by atoms with Crippen molar-refractivity contribution in [2.24, 2.45) is 0 Å². The predicted octanol–water partition coefficient (Wildman–Crippen LogP) is 4.04. The summed E-state index contributed by atoms with van der Waals surface area (Å²) >= 11 is 0. The molecule has 2 aromatic carbocycles. The molecule has 2 heterocycles. The second kappa shape index (κ2) is 11.1. The van der Waals surface area contributed by atoms with Crippen LogP contribution < -0.4 is 10.1 Å². The summed E-state index contributed by atoms with van der Waals surface area (Å²) in [6.45, 7) is 11.9. The van der Waals surface area contributed by atoms with Gasteiger partial charge < -0.3 is 24.6 Å². The van der Waals surface area contributed by atoms with Gasteiger partial charge in [-0.2, -0.15) is 0 Å². The lowest BCUT2D eigenvalue weighted by molar-refractivity contribution is 0.0615. The van der Waals surface area contributed by atoms with Crippen LogP contribution in [0.2, 0.25) is 0 Å². The Balaban J connectivity index is 1.67. The number of carbonyl (C=O) groups is 1. The fourth-order valence-electron chi connectivity index (χ4n) is 4.98. The Bertz CT molecular complexity index is 1160. The molecule has 4 rings (SSSR count). The highest BCUT2D eigenvalue weighted by Crippen LogP contribution is 2.34. The number of aliphatic hydroxyl groups excluding tert-OH is 1. The molecule has 1 saturated heterocycles. The average Bonchev–Trinajstić information content (AvgIpc) is 3.13. The number of aromatic nitrogens is 1. The van der Waals surface area contributed by atoms with Crippen LogP contribution in [0.1, 0.15) is 40.5 Å². The number of ether oxygens (including phenoxy) is 1. The van der Waals surface area contributed by atoms with Gasteiger partial charge in [-0.25, -0.2) is 0 Å². The molecule has 0 radical (unpaired) electrons. The van der Waals surface area contributed by atoms with E-state index in [2.05, 4.69) is 53.8 Å². The lowest BCUT2D eigenvalue weighted by Crippen LogP contribution is -2.49. The second-order valence-electron chi connectivity index (χ2n) is 9.34. The minimum atomic E-state index is 0.0725. The topological polar surface area (TPSA) is 70.0 Å². The van der Waals surface area contributed by atoms with Crippen LogP contribution in [-0.4, -0.2) is 71.8 Å². The Kier molecular flexibility index (Phi) is 7.98. The number of benzene rings is 2. The third-order valence-electron chi connectivity index (χ3n) is 7.14. The first-order valence-electron chi connectivity index (χ1n) is 12.6. The number of carbonyl (C=O) groups excluding carboxylic acids is 1. The number of aliphatic hydroxyl groups is 1. The summed E-state index contributed by atoms with van der Waals surface area (Å²) in [5.41, 5.74) is 6.50. The Morgan fingerprint density at radius 3 is 2.40 bits per heavy atom. The van der Waals surface area contributed by atoms with Gasteiger partial charge in [-0.15, -0.1) is 0 Å². The highest BCUT2D eigenvalue weighted by molar-refractivity contribution is 6.04. The molecule has 1 fully saturated rings. The summed E-state index contributed by atoms with van der Waals surface area (Å²) < 4.78 is 7.66. The molecular weight excluding hydrogens is 440 g/mol. The lowest BCUT2D eigenvalue weighted by atomic mass is 10.1. The number of piperazine rings is 1. The Morgan fingerprint density at radius 1 is 1.06 bits per heavy atom. The zero-order chi connectivity index (χ0) is 24.9. The normalized spacial score (nSPS) is 14.5. The summed E-state index contributed by atoms with van der Waals surface area (Å²) in [6, 6.07) is 12.2. The van der Waals surface area contributed by atoms with Crippen molar-refractivity contribution in [2.75, 3.05) is 51.8 Å². The predicted molar refractivity (Wildman–Crippen MR) is 141 cm³/mol. The van der Waals surface area contributed by atoms with Crippen LogP contribution in [0.3, 0.4) is 0 Å². The summed E-state index contributed by atoms with van der Waals surface area (Å²) in [7, 11) is 1.67. The molecule has 0 saturated carbocycles. The molecule has 2 N–H and O–H groups in total. The van der Waals surface area contributed by atoms with Gasteiger partial charge in [-0.1, -0.05) is 19.1 Å². The third-order valence-corrected chi connectivity index (χ3v) is 7.14. The van der Waals surface area contributed by atoms with Gasteiger partial charge in [-0.3, -0.25) is 9.69 Å². The molecule has 1 aliphatic heterocycles. The third kappa shape index (κ3) is 5.31. The second-order valence-corrected chi connectivity index (χ2v) is 9.34. The van der Waals surface area contributed by atoms with Gasteiger partial charge in [0.05, 0.1) is 24.9 Å². The van der Waals surface area contributed by atoms with Crippen LogP contribution in [0.15, 0.2) is 36.4 Å². The Labute approximate surface area is 208 Å². The van der Waals surface area contributed by atoms with Crippen molar-refractivity contribution in [1.82, 2.24) is 14.4 Å². The van der Waals surface area contributed by atoms with Crippen molar-refractivity contribution in [2.45, 2.75) is 40.3 Å². The molecule has 1 amide bonds. The van der Waals surface area contributed by atoms with Crippen molar-refractivity contribution in [3.63, 3.8) is 0 Å². The molecule has 1 aromatic heterocycles. The molecule has 3 aromatic rings. The minimum absolute atomic E-state index is 0.0725. The van der Waals surface area contributed by atoms with E-state index in [9.17, 15) is 9.90 Å². The largest absolute Gasteiger partial charge is 0.497 e. The number of aryl methyl sites for hydroxylation is 2. The maximum Gasteiger partial charge on any atom is 0.254 e. The van der Waals surface area contributed by atoms with E-state index in [4.69, 9.17) is 4.74 Å². The zero-order valence-corrected chi connectivity index (χ0v) is 21.4. The van der Waals surface area contributed by atoms with Crippen LogP contribution in [-0.2, 0) is 13.1 Å². The number of amides is 1. The standard InChI is InChI=1S/C28H38N4O3/c1-5-10-32-21(3)20(2)25-17-23(28(34)31-13-11-30(12-14-31)15-16-33)18-26(27(25)32)29-19-22-6-8-24(35-4)9-7-22/h6-9,17-18,29,33H,5,10-16,19H2,1-4H3. The molecule has 1 aliphatic rings. The van der Waals surface area contributed by atoms with Crippen molar-refractivity contribution >= 4 is 22.5 Å². The first kappa shape index (κ1) is 25.1. The van der Waals surface area contributed by atoms with Gasteiger partial charge in [-0.05, 0) is 55.7 Å². The number of rotatable bonds is 9. The highest BCUT2D eigenvalue weighted by Gasteiger charge is 2.24. The van der Waals surface area contributed by atoms with Crippen LogP contribution in [0.5, 0.6) is 5.75 Å². The number of anilines is 1. The number of nitrogens with one attached hydrogen (secondary N) is 1. The highest BCUT2D eigenvalue weighted by atomic mass is 16.5. The van der Waals surface area contributed by atoms with E-state index in [1.165, 1.54) is 16.8 Å². The number of methoxy groups -OCH3 is 1. The van der Waals surface area contributed by atoms with Gasteiger partial charge in [0.1, 0.15) is 5.75 Å². The number of hydrogen-bond acceptors (Lipinski definition) is 5. The van der Waals surface area contributed by atoms with Crippen molar-refractivity contribution in [3.8, 4) is 5.75 Å². The number of nitrogens with zero attached hydrogens (tertiary/aromatic N) is 3. The van der Waals surface area contributed by atoms with Gasteiger partial charge in [0.2, 0.25) is 0 Å². The van der Waals surface area contributed by atoms with Crippen LogP contribution >= 0.6 is 0 Å². The molecule has 0 atom stereocenters. The molecule has 0 spiro atoms. The van der Waals surface area contributed by atoms with E-state index in [1.807, 2.05) is 23.1 Å². The Morgan fingerprint density at radius 2 is 1.77 bits per heavy atom. The first-order valence-corrected chi connectivity index (χ1v) is 12.6. The van der Waals surface area contributed by atoms with E-state index in [0.29, 0.717) is 26.2 Å². The van der Waals surface area contributed by atoms with Gasteiger partial charge in [0.15, 0.2) is 0 Å². The van der Waals surface area contributed by atoms with E-state index in [-0.39, 0.29) is 12.5 Å². The number of fused-ring (bicyclic) bond motifs is 1. The molecule has 188 valence electrons. The first-order chi connectivity index (χ1) is 17.0. The van der Waals surface area contributed by atoms with E-state index in [1.54, 1.807) is 7.11 Å². The van der Waals surface area contributed by atoms with Crippen molar-refractivity contribution in [1.29, 1.82) is 0 Å². The maximum atomic E-state index is 13.5. The van der Waals surface area contributed by atoms with Crippen LogP contribution in [0.25, 0.3) is 10.9 Å². The maximum absolute atomic E-state index is 13.5. The molecule has 7 nitrogen and oxygen atoms in total. The number of hydrogen-bond donors (Lipinski definition) is 2. The van der Waals surface area contributed by atoms with Crippen molar-refractivity contribution < 1.29 is 14.6 Å². The van der Waals surface area contributed by atoms with Gasteiger partial charge >= 0.3 is 0 Å².